The first-order valence-corrected chi connectivity index (χ1v) is 4.96. The maximum Gasteiger partial charge on any atom is 0.241 e. The summed E-state index contributed by atoms with van der Waals surface area (Å²) in [7, 11) is 0. The molecule has 1 aliphatic heterocycles. The summed E-state index contributed by atoms with van der Waals surface area (Å²) in [6, 6.07) is -0.470. The van der Waals surface area contributed by atoms with E-state index in [9.17, 15) is 9.59 Å². The van der Waals surface area contributed by atoms with Crippen LogP contribution in [0.1, 0.15) is 19.8 Å². The van der Waals surface area contributed by atoms with Crippen LogP contribution in [0.3, 0.4) is 0 Å². The zero-order valence-electron chi connectivity index (χ0n) is 8.45. The van der Waals surface area contributed by atoms with Crippen LogP contribution in [0.4, 0.5) is 0 Å². The molecular formula is C9H17N3O2. The Balaban J connectivity index is 2.62. The zero-order valence-corrected chi connectivity index (χ0v) is 8.45. The lowest BCUT2D eigenvalue weighted by atomic mass is 10.1. The second-order valence-electron chi connectivity index (χ2n) is 3.46. The molecule has 80 valence electrons. The number of amides is 2. The van der Waals surface area contributed by atoms with Gasteiger partial charge in [-0.15, -0.1) is 0 Å². The SMILES string of the molecule is CCCC(=O)N1CCNCC1C(N)=O. The summed E-state index contributed by atoms with van der Waals surface area (Å²) in [4.78, 5) is 24.3. The summed E-state index contributed by atoms with van der Waals surface area (Å²) >= 11 is 0. The molecule has 1 rings (SSSR count). The Morgan fingerprint density at radius 2 is 2.29 bits per heavy atom. The number of primary amides is 1. The van der Waals surface area contributed by atoms with Gasteiger partial charge in [0.25, 0.3) is 0 Å². The lowest BCUT2D eigenvalue weighted by Crippen LogP contribution is -2.58. The molecule has 0 saturated carbocycles. The average Bonchev–Trinajstić information content (AvgIpc) is 2.18. The van der Waals surface area contributed by atoms with Gasteiger partial charge in [-0.3, -0.25) is 9.59 Å². The van der Waals surface area contributed by atoms with Crippen LogP contribution >= 0.6 is 0 Å². The maximum atomic E-state index is 11.6. The van der Waals surface area contributed by atoms with Gasteiger partial charge in [0.15, 0.2) is 0 Å². The number of nitrogens with zero attached hydrogens (tertiary/aromatic N) is 1. The molecule has 1 unspecified atom stereocenters. The van der Waals surface area contributed by atoms with Crippen LogP contribution in [0.2, 0.25) is 0 Å². The molecule has 0 aromatic heterocycles. The third-order valence-electron chi connectivity index (χ3n) is 2.36. The predicted molar refractivity (Wildman–Crippen MR) is 52.5 cm³/mol. The minimum Gasteiger partial charge on any atom is -0.368 e. The van der Waals surface area contributed by atoms with Crippen LogP contribution in [0.15, 0.2) is 0 Å². The minimum absolute atomic E-state index is 0.0257. The van der Waals surface area contributed by atoms with Gasteiger partial charge >= 0.3 is 0 Å². The van der Waals surface area contributed by atoms with Gasteiger partial charge in [0.05, 0.1) is 0 Å². The molecule has 1 aliphatic rings. The number of hydrogen-bond donors (Lipinski definition) is 2. The highest BCUT2D eigenvalue weighted by molar-refractivity contribution is 5.87. The van der Waals surface area contributed by atoms with Crippen molar-refractivity contribution in [3.05, 3.63) is 0 Å². The molecule has 5 heteroatoms. The molecular weight excluding hydrogens is 182 g/mol. The molecule has 1 fully saturated rings. The number of carbonyl (C=O) groups excluding carboxylic acids is 2. The number of carbonyl (C=O) groups is 2. The lowest BCUT2D eigenvalue weighted by molar-refractivity contribution is -0.140. The Morgan fingerprint density at radius 1 is 1.57 bits per heavy atom. The summed E-state index contributed by atoms with van der Waals surface area (Å²) in [5, 5.41) is 3.05. The topological polar surface area (TPSA) is 75.4 Å². The number of hydrogen-bond acceptors (Lipinski definition) is 3. The monoisotopic (exact) mass is 199 g/mol. The van der Waals surface area contributed by atoms with Crippen LogP contribution in [0, 0.1) is 0 Å². The fourth-order valence-corrected chi connectivity index (χ4v) is 1.61. The Morgan fingerprint density at radius 3 is 2.86 bits per heavy atom. The van der Waals surface area contributed by atoms with E-state index in [0.29, 0.717) is 19.5 Å². The summed E-state index contributed by atoms with van der Waals surface area (Å²) in [6.07, 6.45) is 1.29. The smallest absolute Gasteiger partial charge is 0.241 e. The van der Waals surface area contributed by atoms with E-state index in [1.807, 2.05) is 6.92 Å². The fraction of sp³-hybridized carbons (Fsp3) is 0.778. The minimum atomic E-state index is -0.470. The molecule has 14 heavy (non-hydrogen) atoms. The van der Waals surface area contributed by atoms with Crippen molar-refractivity contribution in [2.75, 3.05) is 19.6 Å². The van der Waals surface area contributed by atoms with Crippen molar-refractivity contribution in [3.63, 3.8) is 0 Å². The van der Waals surface area contributed by atoms with Crippen LogP contribution in [0.25, 0.3) is 0 Å². The molecule has 1 heterocycles. The fourth-order valence-electron chi connectivity index (χ4n) is 1.61. The number of rotatable bonds is 3. The number of nitrogens with two attached hydrogens (primary N) is 1. The third-order valence-corrected chi connectivity index (χ3v) is 2.36. The van der Waals surface area contributed by atoms with Gasteiger partial charge in [-0.1, -0.05) is 6.92 Å². The lowest BCUT2D eigenvalue weighted by Gasteiger charge is -2.34. The standard InChI is InChI=1S/C9H17N3O2/c1-2-3-8(13)12-5-4-11-6-7(12)9(10)14/h7,11H,2-6H2,1H3,(H2,10,14). The highest BCUT2D eigenvalue weighted by Crippen LogP contribution is 2.06. The molecule has 5 nitrogen and oxygen atoms in total. The molecule has 0 aromatic rings. The highest BCUT2D eigenvalue weighted by Gasteiger charge is 2.29. The van der Waals surface area contributed by atoms with Gasteiger partial charge in [0, 0.05) is 26.1 Å². The van der Waals surface area contributed by atoms with Gasteiger partial charge in [0.1, 0.15) is 6.04 Å². The van der Waals surface area contributed by atoms with E-state index < -0.39 is 11.9 Å². The van der Waals surface area contributed by atoms with Gasteiger partial charge in [-0.05, 0) is 6.42 Å². The summed E-state index contributed by atoms with van der Waals surface area (Å²) in [6.45, 7) is 3.73. The first kappa shape index (κ1) is 11.0. The van der Waals surface area contributed by atoms with E-state index in [-0.39, 0.29) is 5.91 Å². The summed E-state index contributed by atoms with van der Waals surface area (Å²) < 4.78 is 0. The quantitative estimate of drug-likeness (QED) is 0.616. The molecule has 0 bridgehead atoms. The van der Waals surface area contributed by atoms with Crippen LogP contribution in [-0.2, 0) is 9.59 Å². The largest absolute Gasteiger partial charge is 0.368 e. The van der Waals surface area contributed by atoms with Gasteiger partial charge in [-0.25, -0.2) is 0 Å². The van der Waals surface area contributed by atoms with Crippen molar-refractivity contribution in [1.29, 1.82) is 0 Å². The molecule has 1 saturated heterocycles. The third kappa shape index (κ3) is 2.45. The summed E-state index contributed by atoms with van der Waals surface area (Å²) in [5.74, 6) is -0.403. The van der Waals surface area contributed by atoms with Crippen molar-refractivity contribution >= 4 is 11.8 Å². The number of nitrogens with one attached hydrogen (secondary N) is 1. The van der Waals surface area contributed by atoms with Crippen molar-refractivity contribution < 1.29 is 9.59 Å². The van der Waals surface area contributed by atoms with Gasteiger partial charge in [0.2, 0.25) is 11.8 Å². The predicted octanol–water partition coefficient (Wildman–Crippen LogP) is -0.928. The zero-order chi connectivity index (χ0) is 10.6. The normalized spacial score (nSPS) is 22.1. The molecule has 1 atom stereocenters. The van der Waals surface area contributed by atoms with Crippen molar-refractivity contribution in [1.82, 2.24) is 10.2 Å². The Kier molecular flexibility index (Phi) is 3.88. The Bertz CT molecular complexity index is 230. The van der Waals surface area contributed by atoms with Crippen LogP contribution in [-0.4, -0.2) is 42.4 Å². The van der Waals surface area contributed by atoms with E-state index in [1.54, 1.807) is 4.90 Å². The Hall–Kier alpha value is -1.10. The molecule has 2 amide bonds. The number of piperazine rings is 1. The van der Waals surface area contributed by atoms with E-state index in [4.69, 9.17) is 5.73 Å². The molecule has 0 aromatic carbocycles. The second kappa shape index (κ2) is 4.95. The van der Waals surface area contributed by atoms with Gasteiger partial charge in [-0.2, -0.15) is 0 Å². The van der Waals surface area contributed by atoms with Crippen molar-refractivity contribution in [2.24, 2.45) is 5.73 Å². The van der Waals surface area contributed by atoms with Gasteiger partial charge < -0.3 is 16.0 Å². The molecule has 3 N–H and O–H groups in total. The van der Waals surface area contributed by atoms with E-state index in [2.05, 4.69) is 5.32 Å². The average molecular weight is 199 g/mol. The first-order valence-electron chi connectivity index (χ1n) is 4.96. The van der Waals surface area contributed by atoms with Crippen molar-refractivity contribution in [3.8, 4) is 0 Å². The van der Waals surface area contributed by atoms with Crippen LogP contribution in [0.5, 0.6) is 0 Å². The molecule has 0 spiro atoms. The Labute approximate surface area is 83.6 Å². The van der Waals surface area contributed by atoms with E-state index >= 15 is 0 Å². The second-order valence-corrected chi connectivity index (χ2v) is 3.46. The first-order chi connectivity index (χ1) is 6.66. The van der Waals surface area contributed by atoms with E-state index in [0.717, 1.165) is 13.0 Å². The summed E-state index contributed by atoms with van der Waals surface area (Å²) in [5.41, 5.74) is 5.22. The highest BCUT2D eigenvalue weighted by atomic mass is 16.2. The van der Waals surface area contributed by atoms with Crippen molar-refractivity contribution in [2.45, 2.75) is 25.8 Å². The maximum absolute atomic E-state index is 11.6. The van der Waals surface area contributed by atoms with Crippen LogP contribution < -0.4 is 11.1 Å². The van der Waals surface area contributed by atoms with E-state index in [1.165, 1.54) is 0 Å². The molecule has 0 radical (unpaired) electrons. The molecule has 0 aliphatic carbocycles.